The van der Waals surface area contributed by atoms with Gasteiger partial charge in [-0.25, -0.2) is 0 Å². The lowest BCUT2D eigenvalue weighted by molar-refractivity contribution is 0.115. The zero-order chi connectivity index (χ0) is 9.52. The summed E-state index contributed by atoms with van der Waals surface area (Å²) in [5.74, 6) is 0. The van der Waals surface area contributed by atoms with Gasteiger partial charge in [0.2, 0.25) is 0 Å². The van der Waals surface area contributed by atoms with Crippen molar-refractivity contribution >= 4 is 15.9 Å². The van der Waals surface area contributed by atoms with Gasteiger partial charge in [0.1, 0.15) is 5.01 Å². The van der Waals surface area contributed by atoms with Gasteiger partial charge in [-0.2, -0.15) is 0 Å². The van der Waals surface area contributed by atoms with Crippen molar-refractivity contribution in [1.82, 2.24) is 0 Å². The van der Waals surface area contributed by atoms with E-state index in [-0.39, 0.29) is 5.01 Å². The Labute approximate surface area is 88.2 Å². The fraction of sp³-hybridized carbons (Fsp3) is 0.455. The molecule has 0 heterocycles. The smallest absolute Gasteiger partial charge is 0.137 e. The Morgan fingerprint density at radius 1 is 1.31 bits per heavy atom. The Morgan fingerprint density at radius 3 is 2.62 bits per heavy atom. The van der Waals surface area contributed by atoms with Gasteiger partial charge in [0.15, 0.2) is 0 Å². The van der Waals surface area contributed by atoms with Gasteiger partial charge in [0, 0.05) is 6.61 Å². The summed E-state index contributed by atoms with van der Waals surface area (Å²) >= 11 is 3.49. The van der Waals surface area contributed by atoms with E-state index in [0.717, 1.165) is 13.0 Å². The number of alkyl halides is 1. The van der Waals surface area contributed by atoms with Crippen LogP contribution in [0.1, 0.15) is 30.3 Å². The highest BCUT2D eigenvalue weighted by Crippen LogP contribution is 2.23. The summed E-state index contributed by atoms with van der Waals surface area (Å²) in [6.07, 6.45) is 2.30. The third-order valence-electron chi connectivity index (χ3n) is 1.82. The van der Waals surface area contributed by atoms with Gasteiger partial charge in [-0.15, -0.1) is 0 Å². The summed E-state index contributed by atoms with van der Waals surface area (Å²) in [7, 11) is 0. The molecule has 0 amide bonds. The SMILES string of the molecule is CCCCOC(Br)c1ccccc1. The van der Waals surface area contributed by atoms with E-state index >= 15 is 0 Å². The van der Waals surface area contributed by atoms with Crippen LogP contribution in [-0.4, -0.2) is 6.61 Å². The lowest BCUT2D eigenvalue weighted by Crippen LogP contribution is -1.98. The van der Waals surface area contributed by atoms with Crippen molar-refractivity contribution < 1.29 is 4.74 Å². The normalized spacial score (nSPS) is 12.8. The van der Waals surface area contributed by atoms with Crippen molar-refractivity contribution in [2.24, 2.45) is 0 Å². The third kappa shape index (κ3) is 3.92. The van der Waals surface area contributed by atoms with Crippen LogP contribution in [0.25, 0.3) is 0 Å². The zero-order valence-corrected chi connectivity index (χ0v) is 9.46. The molecule has 0 fully saturated rings. The lowest BCUT2D eigenvalue weighted by Gasteiger charge is -2.10. The molecule has 0 spiro atoms. The molecule has 0 bridgehead atoms. The number of unbranched alkanes of at least 4 members (excludes halogenated alkanes) is 1. The van der Waals surface area contributed by atoms with Crippen LogP contribution >= 0.6 is 15.9 Å². The zero-order valence-electron chi connectivity index (χ0n) is 7.87. The van der Waals surface area contributed by atoms with Crippen molar-refractivity contribution in [3.63, 3.8) is 0 Å². The fourth-order valence-corrected chi connectivity index (χ4v) is 1.52. The highest BCUT2D eigenvalue weighted by Gasteiger charge is 2.04. The molecular formula is C11H15BrO. The van der Waals surface area contributed by atoms with Crippen LogP contribution in [0.3, 0.4) is 0 Å². The van der Waals surface area contributed by atoms with Gasteiger partial charge >= 0.3 is 0 Å². The molecule has 1 aromatic rings. The molecular weight excluding hydrogens is 228 g/mol. The molecule has 1 rings (SSSR count). The number of hydrogen-bond acceptors (Lipinski definition) is 1. The minimum absolute atomic E-state index is 0.0419. The van der Waals surface area contributed by atoms with E-state index in [9.17, 15) is 0 Å². The van der Waals surface area contributed by atoms with Crippen molar-refractivity contribution in [1.29, 1.82) is 0 Å². The largest absolute Gasteiger partial charge is 0.362 e. The molecule has 1 aromatic carbocycles. The van der Waals surface area contributed by atoms with Gasteiger partial charge in [-0.3, -0.25) is 0 Å². The van der Waals surface area contributed by atoms with E-state index in [4.69, 9.17) is 4.74 Å². The maximum absolute atomic E-state index is 5.59. The Balaban J connectivity index is 2.35. The second kappa shape index (κ2) is 6.17. The van der Waals surface area contributed by atoms with E-state index < -0.39 is 0 Å². The molecule has 1 nitrogen and oxygen atoms in total. The molecule has 0 aliphatic heterocycles. The highest BCUT2D eigenvalue weighted by molar-refractivity contribution is 9.09. The quantitative estimate of drug-likeness (QED) is 0.563. The van der Waals surface area contributed by atoms with Crippen LogP contribution in [0.2, 0.25) is 0 Å². The minimum Gasteiger partial charge on any atom is -0.362 e. The predicted molar refractivity (Wildman–Crippen MR) is 59.0 cm³/mol. The first kappa shape index (κ1) is 10.7. The van der Waals surface area contributed by atoms with Gasteiger partial charge in [0.25, 0.3) is 0 Å². The van der Waals surface area contributed by atoms with Crippen LogP contribution in [0.5, 0.6) is 0 Å². The van der Waals surface area contributed by atoms with E-state index in [1.807, 2.05) is 18.2 Å². The number of benzene rings is 1. The summed E-state index contributed by atoms with van der Waals surface area (Å²) in [6.45, 7) is 2.98. The van der Waals surface area contributed by atoms with E-state index in [2.05, 4.69) is 35.0 Å². The highest BCUT2D eigenvalue weighted by atomic mass is 79.9. The Morgan fingerprint density at radius 2 is 2.00 bits per heavy atom. The number of rotatable bonds is 5. The first-order chi connectivity index (χ1) is 6.34. The van der Waals surface area contributed by atoms with Crippen LogP contribution < -0.4 is 0 Å². The van der Waals surface area contributed by atoms with Gasteiger partial charge in [-0.1, -0.05) is 59.6 Å². The first-order valence-corrected chi connectivity index (χ1v) is 5.56. The number of hydrogen-bond donors (Lipinski definition) is 0. The van der Waals surface area contributed by atoms with Crippen LogP contribution in [-0.2, 0) is 4.74 Å². The van der Waals surface area contributed by atoms with Gasteiger partial charge < -0.3 is 4.74 Å². The maximum Gasteiger partial charge on any atom is 0.137 e. The molecule has 0 aromatic heterocycles. The van der Waals surface area contributed by atoms with Crippen molar-refractivity contribution in [2.75, 3.05) is 6.61 Å². The standard InChI is InChI=1S/C11H15BrO/c1-2-3-9-13-11(12)10-7-5-4-6-8-10/h4-8,11H,2-3,9H2,1H3. The molecule has 2 heteroatoms. The predicted octanol–water partition coefficient (Wildman–Crippen LogP) is 3.90. The molecule has 72 valence electrons. The van der Waals surface area contributed by atoms with Crippen molar-refractivity contribution in [3.8, 4) is 0 Å². The molecule has 1 unspecified atom stereocenters. The molecule has 1 atom stereocenters. The van der Waals surface area contributed by atoms with Crippen molar-refractivity contribution in [2.45, 2.75) is 24.8 Å². The number of halogens is 1. The summed E-state index contributed by atoms with van der Waals surface area (Å²) in [5.41, 5.74) is 1.18. The average Bonchev–Trinajstić information content (AvgIpc) is 2.19. The Kier molecular flexibility index (Phi) is 5.09. The van der Waals surface area contributed by atoms with Gasteiger partial charge in [0.05, 0.1) is 0 Å². The molecule has 0 N–H and O–H groups in total. The second-order valence-electron chi connectivity index (χ2n) is 2.95. The molecule has 0 saturated heterocycles. The first-order valence-electron chi connectivity index (χ1n) is 4.65. The second-order valence-corrected chi connectivity index (χ2v) is 3.78. The minimum atomic E-state index is 0.0419. The summed E-state index contributed by atoms with van der Waals surface area (Å²) < 4.78 is 5.59. The average molecular weight is 243 g/mol. The molecule has 13 heavy (non-hydrogen) atoms. The van der Waals surface area contributed by atoms with E-state index in [1.54, 1.807) is 0 Å². The monoisotopic (exact) mass is 242 g/mol. The van der Waals surface area contributed by atoms with E-state index in [0.29, 0.717) is 0 Å². The summed E-state index contributed by atoms with van der Waals surface area (Å²) in [6, 6.07) is 10.2. The Hall–Kier alpha value is -0.340. The lowest BCUT2D eigenvalue weighted by atomic mass is 10.2. The topological polar surface area (TPSA) is 9.23 Å². The van der Waals surface area contributed by atoms with Gasteiger partial charge in [-0.05, 0) is 12.0 Å². The van der Waals surface area contributed by atoms with E-state index in [1.165, 1.54) is 12.0 Å². The third-order valence-corrected chi connectivity index (χ3v) is 2.62. The summed E-state index contributed by atoms with van der Waals surface area (Å²) in [5, 5.41) is 0.0419. The molecule has 0 aliphatic carbocycles. The number of ether oxygens (including phenoxy) is 1. The molecule has 0 saturated carbocycles. The molecule has 0 radical (unpaired) electrons. The Bertz CT molecular complexity index is 223. The maximum atomic E-state index is 5.59. The fourth-order valence-electron chi connectivity index (χ4n) is 1.03. The van der Waals surface area contributed by atoms with Crippen LogP contribution in [0.4, 0.5) is 0 Å². The van der Waals surface area contributed by atoms with Crippen molar-refractivity contribution in [3.05, 3.63) is 35.9 Å². The van der Waals surface area contributed by atoms with Crippen LogP contribution in [0.15, 0.2) is 30.3 Å². The summed E-state index contributed by atoms with van der Waals surface area (Å²) in [4.78, 5) is 0. The van der Waals surface area contributed by atoms with Crippen LogP contribution in [0, 0.1) is 0 Å². The molecule has 0 aliphatic rings.